The van der Waals surface area contributed by atoms with Crippen molar-refractivity contribution in [2.24, 2.45) is 16.7 Å². The highest BCUT2D eigenvalue weighted by Crippen LogP contribution is 2.69. The first kappa shape index (κ1) is 12.6. The van der Waals surface area contributed by atoms with E-state index in [2.05, 4.69) is 19.9 Å². The van der Waals surface area contributed by atoms with Crippen molar-refractivity contribution >= 4 is 5.69 Å². The minimum atomic E-state index is 0.218. The Bertz CT molecular complexity index is 561. The molecular formula is C18H25NO. The molecule has 0 saturated heterocycles. The van der Waals surface area contributed by atoms with Gasteiger partial charge in [-0.2, -0.15) is 0 Å². The highest BCUT2D eigenvalue weighted by atomic mass is 16.3. The van der Waals surface area contributed by atoms with Crippen LogP contribution >= 0.6 is 0 Å². The van der Waals surface area contributed by atoms with Crippen LogP contribution < -0.4 is 5.73 Å². The summed E-state index contributed by atoms with van der Waals surface area (Å²) in [6.07, 6.45) is 8.15. The summed E-state index contributed by atoms with van der Waals surface area (Å²) < 4.78 is 0. The van der Waals surface area contributed by atoms with E-state index in [-0.39, 0.29) is 5.75 Å². The van der Waals surface area contributed by atoms with Gasteiger partial charge in [-0.05, 0) is 78.4 Å². The molecule has 4 bridgehead atoms. The van der Waals surface area contributed by atoms with Crippen molar-refractivity contribution in [1.82, 2.24) is 0 Å². The van der Waals surface area contributed by atoms with Crippen molar-refractivity contribution in [1.29, 1.82) is 0 Å². The normalized spacial score (nSPS) is 45.8. The monoisotopic (exact) mass is 271 g/mol. The Balaban J connectivity index is 1.82. The highest BCUT2D eigenvalue weighted by molar-refractivity contribution is 5.55. The Morgan fingerprint density at radius 3 is 2.25 bits per heavy atom. The Morgan fingerprint density at radius 2 is 1.70 bits per heavy atom. The SMILES string of the molecule is CC12CC3CC(C)(C1)CC(c1ccc(O)c(N)c1)(C3)C2. The van der Waals surface area contributed by atoms with Crippen molar-refractivity contribution in [3.8, 4) is 5.75 Å². The van der Waals surface area contributed by atoms with Crippen LogP contribution in [0.3, 0.4) is 0 Å². The molecule has 4 aliphatic carbocycles. The van der Waals surface area contributed by atoms with E-state index in [1.807, 2.05) is 6.07 Å². The molecule has 0 aliphatic heterocycles. The van der Waals surface area contributed by atoms with Crippen LogP contribution in [-0.2, 0) is 5.41 Å². The van der Waals surface area contributed by atoms with Crippen LogP contribution in [0.2, 0.25) is 0 Å². The van der Waals surface area contributed by atoms with E-state index in [4.69, 9.17) is 5.73 Å². The van der Waals surface area contributed by atoms with Gasteiger partial charge < -0.3 is 10.8 Å². The number of aromatic hydroxyl groups is 1. The lowest BCUT2D eigenvalue weighted by atomic mass is 9.39. The Morgan fingerprint density at radius 1 is 1.05 bits per heavy atom. The highest BCUT2D eigenvalue weighted by Gasteiger charge is 2.60. The molecular weight excluding hydrogens is 246 g/mol. The molecule has 5 rings (SSSR count). The molecule has 0 aromatic heterocycles. The quantitative estimate of drug-likeness (QED) is 0.593. The third-order valence-electron chi connectivity index (χ3n) is 6.27. The van der Waals surface area contributed by atoms with E-state index in [1.165, 1.54) is 44.1 Å². The lowest BCUT2D eigenvalue weighted by molar-refractivity contribution is -0.109. The molecule has 0 amide bonds. The number of hydrogen-bond donors (Lipinski definition) is 2. The summed E-state index contributed by atoms with van der Waals surface area (Å²) in [5.74, 6) is 1.10. The summed E-state index contributed by atoms with van der Waals surface area (Å²) in [7, 11) is 0. The second-order valence-electron chi connectivity index (χ2n) is 8.68. The van der Waals surface area contributed by atoms with Gasteiger partial charge in [0.15, 0.2) is 0 Å². The maximum Gasteiger partial charge on any atom is 0.138 e. The summed E-state index contributed by atoms with van der Waals surface area (Å²) in [5, 5.41) is 9.70. The van der Waals surface area contributed by atoms with Gasteiger partial charge >= 0.3 is 0 Å². The largest absolute Gasteiger partial charge is 0.506 e. The van der Waals surface area contributed by atoms with Crippen LogP contribution in [-0.4, -0.2) is 5.11 Å². The van der Waals surface area contributed by atoms with E-state index >= 15 is 0 Å². The van der Waals surface area contributed by atoms with Crippen LogP contribution in [0.15, 0.2) is 18.2 Å². The number of nitrogens with two attached hydrogens (primary N) is 1. The number of hydrogen-bond acceptors (Lipinski definition) is 2. The van der Waals surface area contributed by atoms with Crippen molar-refractivity contribution < 1.29 is 5.11 Å². The van der Waals surface area contributed by atoms with Crippen molar-refractivity contribution in [3.63, 3.8) is 0 Å². The molecule has 4 aliphatic rings. The standard InChI is InChI=1S/C18H25NO/c1-16-6-12-7-17(2,9-16)11-18(8-12,10-16)13-3-4-15(20)14(19)5-13/h3-5,12,20H,6-11,19H2,1-2H3. The first-order valence-corrected chi connectivity index (χ1v) is 7.91. The van der Waals surface area contributed by atoms with Gasteiger partial charge in [0.1, 0.15) is 5.75 Å². The summed E-state index contributed by atoms with van der Waals surface area (Å²) in [5.41, 5.74) is 9.20. The summed E-state index contributed by atoms with van der Waals surface area (Å²) in [6, 6.07) is 5.94. The van der Waals surface area contributed by atoms with E-state index < -0.39 is 0 Å². The molecule has 1 aromatic carbocycles. The maximum absolute atomic E-state index is 9.70. The van der Waals surface area contributed by atoms with Gasteiger partial charge in [0, 0.05) is 0 Å². The van der Waals surface area contributed by atoms with Crippen molar-refractivity contribution in [2.45, 2.75) is 57.8 Å². The number of nitrogen functional groups attached to an aromatic ring is 1. The lowest BCUT2D eigenvalue weighted by Gasteiger charge is -2.65. The van der Waals surface area contributed by atoms with Gasteiger partial charge in [-0.25, -0.2) is 0 Å². The molecule has 0 radical (unpaired) electrons. The average molecular weight is 271 g/mol. The third kappa shape index (κ3) is 1.63. The minimum absolute atomic E-state index is 0.218. The molecule has 2 heteroatoms. The molecule has 20 heavy (non-hydrogen) atoms. The average Bonchev–Trinajstić information content (AvgIpc) is 2.27. The molecule has 2 nitrogen and oxygen atoms in total. The third-order valence-corrected chi connectivity index (χ3v) is 6.27. The van der Waals surface area contributed by atoms with E-state index in [1.54, 1.807) is 6.07 Å². The first-order chi connectivity index (χ1) is 9.32. The van der Waals surface area contributed by atoms with Crippen LogP contribution in [0.5, 0.6) is 5.75 Å². The molecule has 0 spiro atoms. The van der Waals surface area contributed by atoms with E-state index in [9.17, 15) is 5.11 Å². The van der Waals surface area contributed by atoms with Crippen LogP contribution in [0.25, 0.3) is 0 Å². The predicted molar refractivity (Wildman–Crippen MR) is 81.6 cm³/mol. The molecule has 2 atom stereocenters. The summed E-state index contributed by atoms with van der Waals surface area (Å²) >= 11 is 0. The molecule has 4 fully saturated rings. The van der Waals surface area contributed by atoms with Gasteiger partial charge in [0.2, 0.25) is 0 Å². The minimum Gasteiger partial charge on any atom is -0.506 e. The van der Waals surface area contributed by atoms with E-state index in [0.717, 1.165) is 5.92 Å². The second-order valence-corrected chi connectivity index (χ2v) is 8.68. The second kappa shape index (κ2) is 3.52. The summed E-state index contributed by atoms with van der Waals surface area (Å²) in [6.45, 7) is 4.99. The van der Waals surface area contributed by atoms with E-state index in [0.29, 0.717) is 21.9 Å². The molecule has 2 unspecified atom stereocenters. The molecule has 3 N–H and O–H groups in total. The number of anilines is 1. The topological polar surface area (TPSA) is 46.2 Å². The fourth-order valence-corrected chi connectivity index (χ4v) is 6.65. The molecule has 108 valence electrons. The smallest absolute Gasteiger partial charge is 0.138 e. The zero-order valence-corrected chi connectivity index (χ0v) is 12.6. The zero-order valence-electron chi connectivity index (χ0n) is 12.6. The molecule has 1 aromatic rings. The van der Waals surface area contributed by atoms with Gasteiger partial charge in [-0.15, -0.1) is 0 Å². The number of phenols is 1. The Labute approximate surface area is 121 Å². The number of phenolic OH excluding ortho intramolecular Hbond substituents is 1. The molecule has 4 saturated carbocycles. The maximum atomic E-state index is 9.70. The van der Waals surface area contributed by atoms with Crippen molar-refractivity contribution in [2.75, 3.05) is 5.73 Å². The van der Waals surface area contributed by atoms with Crippen LogP contribution in [0, 0.1) is 16.7 Å². The summed E-state index contributed by atoms with van der Waals surface area (Å²) in [4.78, 5) is 0. The Hall–Kier alpha value is -1.18. The van der Waals surface area contributed by atoms with Gasteiger partial charge in [0.25, 0.3) is 0 Å². The van der Waals surface area contributed by atoms with Gasteiger partial charge in [-0.3, -0.25) is 0 Å². The number of rotatable bonds is 1. The number of benzene rings is 1. The first-order valence-electron chi connectivity index (χ1n) is 7.91. The van der Waals surface area contributed by atoms with Crippen molar-refractivity contribution in [3.05, 3.63) is 23.8 Å². The zero-order chi connectivity index (χ0) is 14.2. The fraction of sp³-hybridized carbons (Fsp3) is 0.667. The van der Waals surface area contributed by atoms with Gasteiger partial charge in [0.05, 0.1) is 5.69 Å². The Kier molecular flexibility index (Phi) is 2.21. The van der Waals surface area contributed by atoms with Crippen LogP contribution in [0.4, 0.5) is 5.69 Å². The predicted octanol–water partition coefficient (Wildman–Crippen LogP) is 4.22. The van der Waals surface area contributed by atoms with Gasteiger partial charge in [-0.1, -0.05) is 19.9 Å². The van der Waals surface area contributed by atoms with Crippen LogP contribution in [0.1, 0.15) is 57.9 Å². The fourth-order valence-electron chi connectivity index (χ4n) is 6.65. The lowest BCUT2D eigenvalue weighted by Crippen LogP contribution is -2.56. The molecule has 0 heterocycles.